The van der Waals surface area contributed by atoms with Crippen molar-refractivity contribution in [1.29, 1.82) is 0 Å². The van der Waals surface area contributed by atoms with Crippen molar-refractivity contribution in [2.45, 2.75) is 0 Å². The highest BCUT2D eigenvalue weighted by Gasteiger charge is 2.09. The van der Waals surface area contributed by atoms with Crippen LogP contribution in [-0.4, -0.2) is 26.5 Å². The van der Waals surface area contributed by atoms with Gasteiger partial charge in [-0.1, -0.05) is 12.1 Å². The number of nitrogens with one attached hydrogen (secondary N) is 1. The number of carbonyl (C=O) groups is 1. The summed E-state index contributed by atoms with van der Waals surface area (Å²) in [5.41, 5.74) is 0.761. The first-order chi connectivity index (χ1) is 9.16. The molecule has 0 saturated carbocycles. The van der Waals surface area contributed by atoms with Gasteiger partial charge in [0, 0.05) is 5.69 Å². The van der Waals surface area contributed by atoms with Crippen LogP contribution < -0.4 is 10.7 Å². The molecule has 6 heteroatoms. The first-order valence-electron chi connectivity index (χ1n) is 5.63. The van der Waals surface area contributed by atoms with E-state index < -0.39 is 5.91 Å². The number of para-hydroxylation sites is 1. The fraction of sp³-hybridized carbons (Fsp3) is 0. The Morgan fingerprint density at radius 1 is 1.00 bits per heavy atom. The Balaban J connectivity index is 0.000000861. The zero-order valence-electron chi connectivity index (χ0n) is 10.5. The molecule has 0 bridgehead atoms. The van der Waals surface area contributed by atoms with Crippen LogP contribution in [0.15, 0.2) is 48.5 Å². The molecule has 2 aromatic rings. The summed E-state index contributed by atoms with van der Waals surface area (Å²) in [6.07, 6.45) is 0. The minimum atomic E-state index is -0.395. The molecule has 5 nitrogen and oxygen atoms in total. The van der Waals surface area contributed by atoms with Gasteiger partial charge in [-0.3, -0.25) is 4.79 Å². The monoisotopic (exact) mass is 276 g/mol. The molecule has 2 aromatic carbocycles. The predicted molar refractivity (Wildman–Crippen MR) is 78.3 cm³/mol. The summed E-state index contributed by atoms with van der Waals surface area (Å²) in [4.78, 5) is 11.8. The lowest BCUT2D eigenvalue weighted by Gasteiger charge is -2.06. The number of phenolic OH excluding ortho intramolecular Hbond substituents is 2. The molecule has 0 aliphatic rings. The van der Waals surface area contributed by atoms with Gasteiger partial charge in [0.2, 0.25) is 0 Å². The van der Waals surface area contributed by atoms with Crippen molar-refractivity contribution in [3.63, 3.8) is 0 Å². The Morgan fingerprint density at radius 2 is 1.58 bits per heavy atom. The van der Waals surface area contributed by atoms with Gasteiger partial charge >= 0.3 is 0 Å². The van der Waals surface area contributed by atoms with Crippen molar-refractivity contribution in [2.75, 3.05) is 5.32 Å². The van der Waals surface area contributed by atoms with Gasteiger partial charge in [-0.2, -0.15) is 0 Å². The molecule has 0 radical (unpaired) electrons. The average Bonchev–Trinajstić information content (AvgIpc) is 2.44. The predicted octanol–water partition coefficient (Wildman–Crippen LogP) is 0.576. The third-order valence-corrected chi connectivity index (χ3v) is 2.27. The lowest BCUT2D eigenvalue weighted by molar-refractivity contribution is 0.102. The van der Waals surface area contributed by atoms with Gasteiger partial charge in [-0.15, -0.1) is 0 Å². The molecule has 0 aliphatic heterocycles. The summed E-state index contributed by atoms with van der Waals surface area (Å²) in [5.74, 6) is -0.330. The quantitative estimate of drug-likeness (QED) is 0.476. The van der Waals surface area contributed by atoms with Crippen molar-refractivity contribution in [1.82, 2.24) is 0 Å². The number of nitrogens with two attached hydrogens (primary N) is 1. The summed E-state index contributed by atoms with van der Waals surface area (Å²) >= 11 is 0. The minimum absolute atomic E-state index is 0.0659. The van der Waals surface area contributed by atoms with E-state index in [0.717, 1.165) is 10.4 Å². The first kappa shape index (κ1) is 14.7. The molecule has 0 atom stereocenters. The highest BCUT2D eigenvalue weighted by molar-refractivity contribution is 6.06. The number of amides is 1. The highest BCUT2D eigenvalue weighted by atomic mass is 28.2. The molecule has 0 aliphatic carbocycles. The topological polar surface area (TPSA) is 95.6 Å². The lowest BCUT2D eigenvalue weighted by atomic mass is 10.2. The SMILES string of the molecule is N[SiH3].O=C(Nc1ccc(O)cc1)c1ccccc1O. The number of anilines is 1. The zero-order chi connectivity index (χ0) is 14.3. The fourth-order valence-corrected chi connectivity index (χ4v) is 1.41. The normalized spacial score (nSPS) is 9.32. The largest absolute Gasteiger partial charge is 0.508 e. The maximum absolute atomic E-state index is 11.8. The van der Waals surface area contributed by atoms with E-state index in [1.165, 1.54) is 24.3 Å². The minimum Gasteiger partial charge on any atom is -0.508 e. The van der Waals surface area contributed by atoms with E-state index >= 15 is 0 Å². The van der Waals surface area contributed by atoms with Crippen molar-refractivity contribution in [3.05, 3.63) is 54.1 Å². The van der Waals surface area contributed by atoms with Crippen molar-refractivity contribution in [2.24, 2.45) is 5.40 Å². The molecule has 5 N–H and O–H groups in total. The number of carbonyl (C=O) groups excluding carboxylic acids is 1. The van der Waals surface area contributed by atoms with Gasteiger partial charge < -0.3 is 20.9 Å². The van der Waals surface area contributed by atoms with Gasteiger partial charge in [0.1, 0.15) is 11.5 Å². The molecular formula is C13H16N2O3Si. The fourth-order valence-electron chi connectivity index (χ4n) is 1.41. The van der Waals surface area contributed by atoms with Crippen LogP contribution in [0.4, 0.5) is 5.69 Å². The Kier molecular flexibility index (Phi) is 5.58. The average molecular weight is 276 g/mol. The molecule has 100 valence electrons. The standard InChI is InChI=1S/C13H11NO3.H5NSi/c15-10-7-5-9(6-8-10)14-13(17)11-3-1-2-4-12(11)16;1-2/h1-8,15-16H,(H,14,17);1H2,2H3. The number of rotatable bonds is 2. The maximum Gasteiger partial charge on any atom is 0.259 e. The summed E-state index contributed by atoms with van der Waals surface area (Å²) in [6.45, 7) is 0. The molecule has 0 spiro atoms. The van der Waals surface area contributed by atoms with Crippen LogP contribution in [0.5, 0.6) is 11.5 Å². The van der Waals surface area contributed by atoms with Crippen LogP contribution in [0.25, 0.3) is 0 Å². The molecule has 0 saturated heterocycles. The Hall–Kier alpha value is -2.31. The summed E-state index contributed by atoms with van der Waals surface area (Å²) in [5, 5.41) is 25.9. The number of phenols is 2. The second-order valence-electron chi connectivity index (χ2n) is 3.52. The molecule has 0 unspecified atom stereocenters. The van der Waals surface area contributed by atoms with Gasteiger partial charge in [0.25, 0.3) is 5.91 Å². The number of hydrogen-bond acceptors (Lipinski definition) is 4. The van der Waals surface area contributed by atoms with E-state index in [-0.39, 0.29) is 17.1 Å². The second kappa shape index (κ2) is 7.19. The third kappa shape index (κ3) is 4.13. The number of hydrogen-bond donors (Lipinski definition) is 4. The van der Waals surface area contributed by atoms with E-state index in [1.54, 1.807) is 24.3 Å². The molecular weight excluding hydrogens is 260 g/mol. The van der Waals surface area contributed by atoms with Gasteiger partial charge in [-0.25, -0.2) is 0 Å². The molecule has 19 heavy (non-hydrogen) atoms. The van der Waals surface area contributed by atoms with E-state index in [2.05, 4.69) is 10.7 Å². The summed E-state index contributed by atoms with van der Waals surface area (Å²) in [7, 11) is 0.806. The van der Waals surface area contributed by atoms with Gasteiger partial charge in [0.15, 0.2) is 0 Å². The number of aromatic hydroxyl groups is 2. The summed E-state index contributed by atoms with van der Waals surface area (Å²) < 4.78 is 0. The smallest absolute Gasteiger partial charge is 0.259 e. The lowest BCUT2D eigenvalue weighted by Crippen LogP contribution is -2.11. The maximum atomic E-state index is 11.8. The molecule has 0 aromatic heterocycles. The van der Waals surface area contributed by atoms with Crippen molar-refractivity contribution in [3.8, 4) is 11.5 Å². The third-order valence-electron chi connectivity index (χ3n) is 2.27. The molecule has 0 fully saturated rings. The van der Waals surface area contributed by atoms with Crippen LogP contribution in [0.2, 0.25) is 0 Å². The van der Waals surface area contributed by atoms with E-state index in [0.29, 0.717) is 5.69 Å². The van der Waals surface area contributed by atoms with E-state index in [1.807, 2.05) is 0 Å². The Bertz CT molecular complexity index is 544. The van der Waals surface area contributed by atoms with Crippen molar-refractivity contribution >= 4 is 22.0 Å². The molecule has 0 heterocycles. The van der Waals surface area contributed by atoms with Gasteiger partial charge in [0.05, 0.1) is 16.0 Å². The first-order valence-corrected chi connectivity index (χ1v) is 6.78. The highest BCUT2D eigenvalue weighted by Crippen LogP contribution is 2.19. The van der Waals surface area contributed by atoms with Crippen molar-refractivity contribution < 1.29 is 15.0 Å². The van der Waals surface area contributed by atoms with Crippen LogP contribution >= 0.6 is 0 Å². The van der Waals surface area contributed by atoms with Crippen LogP contribution in [0, 0.1) is 0 Å². The van der Waals surface area contributed by atoms with E-state index in [9.17, 15) is 9.90 Å². The van der Waals surface area contributed by atoms with E-state index in [4.69, 9.17) is 5.11 Å². The van der Waals surface area contributed by atoms with Gasteiger partial charge in [-0.05, 0) is 36.4 Å². The Labute approximate surface area is 114 Å². The number of benzene rings is 2. The molecule has 1 amide bonds. The zero-order valence-corrected chi connectivity index (χ0v) is 12.5. The van der Waals surface area contributed by atoms with Crippen LogP contribution in [-0.2, 0) is 0 Å². The molecule has 2 rings (SSSR count). The summed E-state index contributed by atoms with van der Waals surface area (Å²) in [6, 6.07) is 12.4. The second-order valence-corrected chi connectivity index (χ2v) is 3.52. The Morgan fingerprint density at radius 3 is 2.16 bits per heavy atom. The van der Waals surface area contributed by atoms with Crippen LogP contribution in [0.1, 0.15) is 10.4 Å². The van der Waals surface area contributed by atoms with Crippen LogP contribution in [0.3, 0.4) is 0 Å².